The van der Waals surface area contributed by atoms with Gasteiger partial charge < -0.3 is 19.4 Å². The van der Waals surface area contributed by atoms with Gasteiger partial charge in [-0.1, -0.05) is 6.07 Å². The third-order valence-corrected chi connectivity index (χ3v) is 3.40. The predicted octanol–water partition coefficient (Wildman–Crippen LogP) is 1.62. The van der Waals surface area contributed by atoms with Crippen LogP contribution >= 0.6 is 0 Å². The fourth-order valence-electron chi connectivity index (χ4n) is 2.37. The van der Waals surface area contributed by atoms with Crippen LogP contribution in [0.2, 0.25) is 0 Å². The lowest BCUT2D eigenvalue weighted by molar-refractivity contribution is 0.171. The van der Waals surface area contributed by atoms with Crippen molar-refractivity contribution in [1.82, 2.24) is 14.9 Å². The Balaban J connectivity index is 1.67. The molecule has 0 fully saturated rings. The Morgan fingerprint density at radius 3 is 2.95 bits per heavy atom. The number of hydrogen-bond donors (Lipinski definition) is 1. The molecule has 0 spiro atoms. The normalized spacial score (nSPS) is 13.4. The fraction of sp³-hybridized carbons (Fsp3) is 0.400. The molecular formula is C15H19N3O2. The smallest absolute Gasteiger partial charge is 0.161 e. The largest absolute Gasteiger partial charge is 0.486 e. The molecule has 1 aliphatic heterocycles. The Bertz CT molecular complexity index is 580. The number of ether oxygens (including phenoxy) is 2. The maximum Gasteiger partial charge on any atom is 0.161 e. The first-order valence-electron chi connectivity index (χ1n) is 6.89. The summed E-state index contributed by atoms with van der Waals surface area (Å²) < 4.78 is 13.3. The molecule has 3 rings (SSSR count). The van der Waals surface area contributed by atoms with E-state index in [0.29, 0.717) is 13.2 Å². The molecule has 0 amide bonds. The summed E-state index contributed by atoms with van der Waals surface area (Å²) in [6.45, 7) is 3.01. The summed E-state index contributed by atoms with van der Waals surface area (Å²) in [4.78, 5) is 4.20. The minimum absolute atomic E-state index is 0.629. The van der Waals surface area contributed by atoms with Crippen LogP contribution in [0.4, 0.5) is 0 Å². The fourth-order valence-corrected chi connectivity index (χ4v) is 2.37. The molecule has 5 heteroatoms. The standard InChI is InChI=1S/C15H19N3O2/c1-16-9-13-10-17-11-18(13)5-4-12-2-3-14-15(8-12)20-7-6-19-14/h2-3,8,10-11,16H,4-7,9H2,1H3. The lowest BCUT2D eigenvalue weighted by Crippen LogP contribution is -2.15. The van der Waals surface area contributed by atoms with E-state index in [4.69, 9.17) is 9.47 Å². The average molecular weight is 273 g/mol. The highest BCUT2D eigenvalue weighted by atomic mass is 16.6. The molecule has 0 unspecified atom stereocenters. The van der Waals surface area contributed by atoms with Crippen LogP contribution in [0.25, 0.3) is 0 Å². The van der Waals surface area contributed by atoms with Gasteiger partial charge in [0.2, 0.25) is 0 Å². The third-order valence-electron chi connectivity index (χ3n) is 3.40. The highest BCUT2D eigenvalue weighted by Gasteiger charge is 2.11. The van der Waals surface area contributed by atoms with E-state index in [1.165, 1.54) is 11.3 Å². The van der Waals surface area contributed by atoms with E-state index in [2.05, 4.69) is 27.0 Å². The topological polar surface area (TPSA) is 48.3 Å². The number of rotatable bonds is 5. The van der Waals surface area contributed by atoms with Crippen LogP contribution < -0.4 is 14.8 Å². The van der Waals surface area contributed by atoms with Crippen molar-refractivity contribution in [2.24, 2.45) is 0 Å². The van der Waals surface area contributed by atoms with Crippen LogP contribution in [0.3, 0.4) is 0 Å². The molecular weight excluding hydrogens is 254 g/mol. The number of benzene rings is 1. The molecule has 0 atom stereocenters. The average Bonchev–Trinajstić information content (AvgIpc) is 2.93. The molecule has 1 aromatic carbocycles. The molecule has 0 aliphatic carbocycles. The predicted molar refractivity (Wildman–Crippen MR) is 76.1 cm³/mol. The van der Waals surface area contributed by atoms with E-state index in [-0.39, 0.29) is 0 Å². The molecule has 2 heterocycles. The van der Waals surface area contributed by atoms with Crippen LogP contribution in [0.5, 0.6) is 11.5 Å². The van der Waals surface area contributed by atoms with Crippen LogP contribution in [0, 0.1) is 0 Å². The Kier molecular flexibility index (Phi) is 3.87. The lowest BCUT2D eigenvalue weighted by atomic mass is 10.1. The summed E-state index contributed by atoms with van der Waals surface area (Å²) >= 11 is 0. The van der Waals surface area contributed by atoms with Gasteiger partial charge in [-0.3, -0.25) is 0 Å². The molecule has 0 radical (unpaired) electrons. The van der Waals surface area contributed by atoms with Gasteiger partial charge in [-0.25, -0.2) is 4.98 Å². The van der Waals surface area contributed by atoms with E-state index in [1.54, 1.807) is 0 Å². The van der Waals surface area contributed by atoms with Gasteiger partial charge in [0, 0.05) is 19.3 Å². The van der Waals surface area contributed by atoms with Gasteiger partial charge in [-0.05, 0) is 31.2 Å². The number of hydrogen-bond acceptors (Lipinski definition) is 4. The second kappa shape index (κ2) is 5.96. The maximum atomic E-state index is 5.61. The van der Waals surface area contributed by atoms with Gasteiger partial charge in [0.05, 0.1) is 12.0 Å². The zero-order valence-corrected chi connectivity index (χ0v) is 11.6. The number of aromatic nitrogens is 2. The van der Waals surface area contributed by atoms with E-state index >= 15 is 0 Å². The summed E-state index contributed by atoms with van der Waals surface area (Å²) in [6.07, 6.45) is 4.73. The first kappa shape index (κ1) is 13.0. The van der Waals surface area contributed by atoms with Crippen LogP contribution in [-0.4, -0.2) is 29.8 Å². The lowest BCUT2D eigenvalue weighted by Gasteiger charge is -2.19. The molecule has 0 saturated heterocycles. The van der Waals surface area contributed by atoms with Crippen molar-refractivity contribution < 1.29 is 9.47 Å². The zero-order chi connectivity index (χ0) is 13.8. The van der Waals surface area contributed by atoms with Gasteiger partial charge in [0.1, 0.15) is 13.2 Å². The SMILES string of the molecule is CNCc1cncn1CCc1ccc2c(c1)OCCO2. The van der Waals surface area contributed by atoms with Crippen molar-refractivity contribution in [3.05, 3.63) is 42.0 Å². The van der Waals surface area contributed by atoms with Crippen molar-refractivity contribution >= 4 is 0 Å². The van der Waals surface area contributed by atoms with E-state index < -0.39 is 0 Å². The molecule has 0 bridgehead atoms. The van der Waals surface area contributed by atoms with Crippen LogP contribution in [0.15, 0.2) is 30.7 Å². The molecule has 106 valence electrons. The van der Waals surface area contributed by atoms with Crippen molar-refractivity contribution in [3.63, 3.8) is 0 Å². The minimum Gasteiger partial charge on any atom is -0.486 e. The number of aryl methyl sites for hydroxylation is 2. The zero-order valence-electron chi connectivity index (χ0n) is 11.6. The summed E-state index contributed by atoms with van der Waals surface area (Å²) in [5.74, 6) is 1.70. The van der Waals surface area contributed by atoms with Gasteiger partial charge in [-0.2, -0.15) is 0 Å². The number of imidazole rings is 1. The number of fused-ring (bicyclic) bond motifs is 1. The van der Waals surface area contributed by atoms with E-state index in [9.17, 15) is 0 Å². The second-order valence-corrected chi connectivity index (χ2v) is 4.84. The van der Waals surface area contributed by atoms with Crippen LogP contribution in [-0.2, 0) is 19.5 Å². The first-order valence-corrected chi connectivity index (χ1v) is 6.89. The quantitative estimate of drug-likeness (QED) is 0.899. The second-order valence-electron chi connectivity index (χ2n) is 4.84. The van der Waals surface area contributed by atoms with Gasteiger partial charge >= 0.3 is 0 Å². The maximum absolute atomic E-state index is 5.61. The van der Waals surface area contributed by atoms with Crippen LogP contribution in [0.1, 0.15) is 11.3 Å². The Morgan fingerprint density at radius 2 is 2.10 bits per heavy atom. The van der Waals surface area contributed by atoms with E-state index in [1.807, 2.05) is 25.6 Å². The Labute approximate surface area is 118 Å². The molecule has 1 aromatic heterocycles. The monoisotopic (exact) mass is 273 g/mol. The summed E-state index contributed by atoms with van der Waals surface area (Å²) in [7, 11) is 1.94. The minimum atomic E-state index is 0.629. The van der Waals surface area contributed by atoms with Gasteiger partial charge in [0.15, 0.2) is 11.5 Å². The van der Waals surface area contributed by atoms with Gasteiger partial charge in [0.25, 0.3) is 0 Å². The first-order chi connectivity index (χ1) is 9.86. The van der Waals surface area contributed by atoms with Crippen molar-refractivity contribution in [1.29, 1.82) is 0 Å². The highest BCUT2D eigenvalue weighted by molar-refractivity contribution is 5.43. The summed E-state index contributed by atoms with van der Waals surface area (Å²) in [5.41, 5.74) is 2.45. The number of nitrogens with zero attached hydrogens (tertiary/aromatic N) is 2. The number of nitrogens with one attached hydrogen (secondary N) is 1. The highest BCUT2D eigenvalue weighted by Crippen LogP contribution is 2.30. The molecule has 2 aromatic rings. The molecule has 0 saturated carbocycles. The Morgan fingerprint density at radius 1 is 1.25 bits per heavy atom. The van der Waals surface area contributed by atoms with Crippen molar-refractivity contribution in [2.75, 3.05) is 20.3 Å². The molecule has 5 nitrogen and oxygen atoms in total. The molecule has 20 heavy (non-hydrogen) atoms. The molecule has 1 aliphatic rings. The molecule has 1 N–H and O–H groups in total. The summed E-state index contributed by atoms with van der Waals surface area (Å²) in [6, 6.07) is 6.16. The van der Waals surface area contributed by atoms with Crippen molar-refractivity contribution in [2.45, 2.75) is 19.5 Å². The van der Waals surface area contributed by atoms with Gasteiger partial charge in [-0.15, -0.1) is 0 Å². The third kappa shape index (κ3) is 2.77. The van der Waals surface area contributed by atoms with E-state index in [0.717, 1.165) is 31.0 Å². The Hall–Kier alpha value is -2.01. The van der Waals surface area contributed by atoms with Crippen molar-refractivity contribution in [3.8, 4) is 11.5 Å². The summed E-state index contributed by atoms with van der Waals surface area (Å²) in [5, 5.41) is 3.15.